The molecule has 0 amide bonds. The van der Waals surface area contributed by atoms with Crippen molar-refractivity contribution < 1.29 is 0 Å². The van der Waals surface area contributed by atoms with E-state index < -0.39 is 0 Å². The standard InChI is InChI=1S/C30H28N4/c1-4-12-22(13-5-1)31-26-20-28-30(21-27(26)32-23-14-6-2-7-15-23)34(24-16-8-3-9-17-24)29-19-11-10-18-25(29)33-28/h1,3-5,8-13,16-21,23,31H,2,6-7,14-15H2/b32-27+. The molecule has 168 valence electrons. The Morgan fingerprint density at radius 2 is 1.47 bits per heavy atom. The van der Waals surface area contributed by atoms with Crippen LogP contribution in [0.3, 0.4) is 0 Å². The van der Waals surface area contributed by atoms with Crippen LogP contribution in [-0.2, 0) is 0 Å². The van der Waals surface area contributed by atoms with Crippen molar-refractivity contribution in [2.24, 2.45) is 4.99 Å². The topological polar surface area (TPSA) is 42.2 Å². The van der Waals surface area contributed by atoms with Gasteiger partial charge in [-0.1, -0.05) is 67.8 Å². The van der Waals surface area contributed by atoms with Crippen LogP contribution in [0.5, 0.6) is 0 Å². The van der Waals surface area contributed by atoms with Crippen molar-refractivity contribution in [3.05, 3.63) is 102 Å². The molecule has 0 saturated heterocycles. The molecule has 0 aromatic heterocycles. The first kappa shape index (κ1) is 20.7. The molecular weight excluding hydrogens is 416 g/mol. The van der Waals surface area contributed by atoms with Gasteiger partial charge in [0.2, 0.25) is 0 Å². The highest BCUT2D eigenvalue weighted by Crippen LogP contribution is 2.30. The maximum atomic E-state index is 5.28. The number of fused-ring (bicyclic) bond motifs is 2. The minimum atomic E-state index is 0.376. The Morgan fingerprint density at radius 1 is 0.765 bits per heavy atom. The summed E-state index contributed by atoms with van der Waals surface area (Å²) in [6.07, 6.45) is 6.18. The fourth-order valence-electron chi connectivity index (χ4n) is 4.99. The fraction of sp³-hybridized carbons (Fsp3) is 0.200. The lowest BCUT2D eigenvalue weighted by Crippen LogP contribution is -2.19. The summed E-state index contributed by atoms with van der Waals surface area (Å²) in [5.41, 5.74) is 7.26. The molecular formula is C30H28N4. The summed E-state index contributed by atoms with van der Waals surface area (Å²) in [5.74, 6) is 0. The molecule has 1 saturated carbocycles. The molecule has 0 radical (unpaired) electrons. The van der Waals surface area contributed by atoms with Gasteiger partial charge in [0.15, 0.2) is 0 Å². The number of anilines is 2. The van der Waals surface area contributed by atoms with Gasteiger partial charge in [0.25, 0.3) is 0 Å². The van der Waals surface area contributed by atoms with Crippen molar-refractivity contribution in [1.82, 2.24) is 9.55 Å². The molecule has 3 aromatic rings. The second-order valence-electron chi connectivity index (χ2n) is 9.04. The molecule has 0 unspecified atom stereocenters. The van der Waals surface area contributed by atoms with Crippen molar-refractivity contribution in [3.8, 4) is 17.1 Å². The van der Waals surface area contributed by atoms with E-state index >= 15 is 0 Å². The molecule has 0 spiro atoms. The molecule has 3 aromatic carbocycles. The highest BCUT2D eigenvalue weighted by molar-refractivity contribution is 5.84. The van der Waals surface area contributed by atoms with Gasteiger partial charge in [0, 0.05) is 11.4 Å². The average molecular weight is 445 g/mol. The van der Waals surface area contributed by atoms with Gasteiger partial charge in [0.1, 0.15) is 0 Å². The van der Waals surface area contributed by atoms with Gasteiger partial charge in [-0.05, 0) is 61.4 Å². The summed E-state index contributed by atoms with van der Waals surface area (Å²) in [6, 6.07) is 34.0. The van der Waals surface area contributed by atoms with Crippen molar-refractivity contribution in [2.75, 3.05) is 5.32 Å². The second kappa shape index (κ2) is 9.14. The van der Waals surface area contributed by atoms with Gasteiger partial charge in [-0.15, -0.1) is 0 Å². The molecule has 4 nitrogen and oxygen atoms in total. The maximum absolute atomic E-state index is 5.28. The number of hydrogen-bond acceptors (Lipinski definition) is 3. The summed E-state index contributed by atoms with van der Waals surface area (Å²) in [4.78, 5) is 10.3. The lowest BCUT2D eigenvalue weighted by molar-refractivity contribution is 0.437. The van der Waals surface area contributed by atoms with E-state index in [1.165, 1.54) is 19.3 Å². The first-order chi connectivity index (χ1) is 16.8. The molecule has 1 fully saturated rings. The largest absolute Gasteiger partial charge is 0.354 e. The fourth-order valence-corrected chi connectivity index (χ4v) is 4.99. The molecule has 6 rings (SSSR count). The maximum Gasteiger partial charge on any atom is 0.0900 e. The molecule has 4 heteroatoms. The molecule has 1 heterocycles. The van der Waals surface area contributed by atoms with E-state index in [4.69, 9.17) is 9.98 Å². The SMILES string of the molecule is c1ccc(Nc2cc3nc4ccccc4n(-c4ccccc4)c-3c/c2=N\C2CCCCC2)cc1. The predicted molar refractivity (Wildman–Crippen MR) is 140 cm³/mol. The lowest BCUT2D eigenvalue weighted by Gasteiger charge is -2.21. The van der Waals surface area contributed by atoms with Crippen molar-refractivity contribution in [3.63, 3.8) is 0 Å². The number of nitrogens with one attached hydrogen (secondary N) is 1. The minimum Gasteiger partial charge on any atom is -0.354 e. The summed E-state index contributed by atoms with van der Waals surface area (Å²) in [6.45, 7) is 0. The highest BCUT2D eigenvalue weighted by Gasteiger charge is 2.18. The minimum absolute atomic E-state index is 0.376. The summed E-state index contributed by atoms with van der Waals surface area (Å²) in [5, 5.41) is 4.62. The van der Waals surface area contributed by atoms with Crippen LogP contribution in [0.2, 0.25) is 0 Å². The summed E-state index contributed by atoms with van der Waals surface area (Å²) >= 11 is 0. The Bertz CT molecular complexity index is 1450. The van der Waals surface area contributed by atoms with Crippen LogP contribution in [0.15, 0.2) is 102 Å². The molecule has 2 aliphatic carbocycles. The van der Waals surface area contributed by atoms with E-state index in [2.05, 4.69) is 94.8 Å². The van der Waals surface area contributed by atoms with E-state index in [-0.39, 0.29) is 0 Å². The predicted octanol–water partition coefficient (Wildman–Crippen LogP) is 7.11. The number of rotatable bonds is 4. The zero-order valence-corrected chi connectivity index (χ0v) is 19.2. The summed E-state index contributed by atoms with van der Waals surface area (Å²) in [7, 11) is 0. The molecule has 34 heavy (non-hydrogen) atoms. The van der Waals surface area contributed by atoms with E-state index in [1.807, 2.05) is 12.1 Å². The van der Waals surface area contributed by atoms with Crippen LogP contribution < -0.4 is 10.7 Å². The number of nitrogens with zero attached hydrogens (tertiary/aromatic N) is 3. The van der Waals surface area contributed by atoms with Gasteiger partial charge in [-0.25, -0.2) is 4.98 Å². The van der Waals surface area contributed by atoms with E-state index in [1.54, 1.807) is 0 Å². The Hall–Kier alpha value is -3.92. The van der Waals surface area contributed by atoms with Crippen LogP contribution in [-0.4, -0.2) is 15.6 Å². The van der Waals surface area contributed by atoms with Crippen LogP contribution in [0.4, 0.5) is 11.4 Å². The van der Waals surface area contributed by atoms with Crippen LogP contribution in [0.1, 0.15) is 32.1 Å². The smallest absolute Gasteiger partial charge is 0.0900 e. The third kappa shape index (κ3) is 4.08. The third-order valence-electron chi connectivity index (χ3n) is 6.66. The van der Waals surface area contributed by atoms with Gasteiger partial charge < -0.3 is 9.88 Å². The normalized spacial score (nSPS) is 15.1. The first-order valence-electron chi connectivity index (χ1n) is 12.2. The average Bonchev–Trinajstić information content (AvgIpc) is 2.89. The van der Waals surface area contributed by atoms with Crippen LogP contribution >= 0.6 is 0 Å². The van der Waals surface area contributed by atoms with E-state index in [0.29, 0.717) is 6.04 Å². The van der Waals surface area contributed by atoms with Crippen LogP contribution in [0, 0.1) is 0 Å². The Morgan fingerprint density at radius 3 is 2.26 bits per heavy atom. The highest BCUT2D eigenvalue weighted by atomic mass is 15.0. The third-order valence-corrected chi connectivity index (χ3v) is 6.66. The Kier molecular flexibility index (Phi) is 5.56. The molecule has 3 aliphatic rings. The number of aromatic nitrogens is 2. The first-order valence-corrected chi connectivity index (χ1v) is 12.2. The number of benzene rings is 4. The Balaban J connectivity index is 1.63. The number of hydrogen-bond donors (Lipinski definition) is 1. The second-order valence-corrected chi connectivity index (χ2v) is 9.04. The monoisotopic (exact) mass is 444 g/mol. The molecule has 0 bridgehead atoms. The summed E-state index contributed by atoms with van der Waals surface area (Å²) < 4.78 is 2.31. The van der Waals surface area contributed by atoms with Gasteiger partial charge >= 0.3 is 0 Å². The molecule has 1 N–H and O–H groups in total. The van der Waals surface area contributed by atoms with E-state index in [0.717, 1.165) is 57.7 Å². The Labute approximate surface area is 200 Å². The van der Waals surface area contributed by atoms with E-state index in [9.17, 15) is 0 Å². The molecule has 1 aliphatic heterocycles. The quantitative estimate of drug-likeness (QED) is 0.300. The lowest BCUT2D eigenvalue weighted by atomic mass is 9.96. The van der Waals surface area contributed by atoms with Crippen LogP contribution in [0.25, 0.3) is 28.1 Å². The van der Waals surface area contributed by atoms with Gasteiger partial charge in [0.05, 0.1) is 39.5 Å². The van der Waals surface area contributed by atoms with Crippen molar-refractivity contribution in [1.29, 1.82) is 0 Å². The van der Waals surface area contributed by atoms with Gasteiger partial charge in [-0.3, -0.25) is 4.99 Å². The zero-order chi connectivity index (χ0) is 22.7. The number of para-hydroxylation sites is 4. The van der Waals surface area contributed by atoms with Crippen molar-refractivity contribution in [2.45, 2.75) is 38.1 Å². The van der Waals surface area contributed by atoms with Crippen molar-refractivity contribution >= 4 is 22.4 Å². The van der Waals surface area contributed by atoms with Gasteiger partial charge in [-0.2, -0.15) is 0 Å². The zero-order valence-electron chi connectivity index (χ0n) is 19.2. The molecule has 0 atom stereocenters.